The average Bonchev–Trinajstić information content (AvgIpc) is 2.74. The first-order valence-electron chi connectivity index (χ1n) is 4.84. The smallest absolute Gasteiger partial charge is 0.153 e. The van der Waals surface area contributed by atoms with Gasteiger partial charge in [0.05, 0.1) is 11.1 Å². The summed E-state index contributed by atoms with van der Waals surface area (Å²) in [7, 11) is 0. The molecule has 2 aromatic heterocycles. The lowest BCUT2D eigenvalue weighted by Crippen LogP contribution is -1.83. The molecule has 2 heterocycles. The zero-order valence-electron chi connectivity index (χ0n) is 8.48. The maximum atomic E-state index is 13.4. The van der Waals surface area contributed by atoms with E-state index in [0.717, 1.165) is 6.07 Å². The van der Waals surface area contributed by atoms with Crippen molar-refractivity contribution in [3.63, 3.8) is 0 Å². The van der Waals surface area contributed by atoms with Crippen LogP contribution in [0.4, 0.5) is 8.78 Å². The van der Waals surface area contributed by atoms with E-state index < -0.39 is 11.6 Å². The van der Waals surface area contributed by atoms with Crippen LogP contribution in [0.2, 0.25) is 0 Å². The van der Waals surface area contributed by atoms with Gasteiger partial charge in [0.1, 0.15) is 23.5 Å². The maximum Gasteiger partial charge on any atom is 0.153 e. The number of H-pyrrole nitrogens is 1. The summed E-state index contributed by atoms with van der Waals surface area (Å²) in [5.74, 6) is -0.932. The van der Waals surface area contributed by atoms with E-state index in [2.05, 4.69) is 19.9 Å². The number of nitrogens with zero attached hydrogens (tertiary/aromatic N) is 3. The SMILES string of the molecule is Fc1cc(F)c2nc(-c3cncnc3)[nH]c2c1. The molecule has 1 N–H and O–H groups in total. The third kappa shape index (κ3) is 1.63. The number of aromatic amines is 1. The number of imidazole rings is 1. The number of halogens is 2. The number of hydrogen-bond donors (Lipinski definition) is 1. The fraction of sp³-hybridized carbons (Fsp3) is 0. The van der Waals surface area contributed by atoms with Gasteiger partial charge in [0, 0.05) is 18.5 Å². The normalized spacial score (nSPS) is 10.9. The van der Waals surface area contributed by atoms with E-state index >= 15 is 0 Å². The topological polar surface area (TPSA) is 54.5 Å². The lowest BCUT2D eigenvalue weighted by atomic mass is 10.3. The highest BCUT2D eigenvalue weighted by atomic mass is 19.1. The summed E-state index contributed by atoms with van der Waals surface area (Å²) in [6.45, 7) is 0. The molecule has 0 aliphatic heterocycles. The van der Waals surface area contributed by atoms with Crippen molar-refractivity contribution in [3.8, 4) is 11.4 Å². The van der Waals surface area contributed by atoms with E-state index in [4.69, 9.17) is 0 Å². The lowest BCUT2D eigenvalue weighted by molar-refractivity contribution is 0.591. The van der Waals surface area contributed by atoms with Crippen molar-refractivity contribution < 1.29 is 8.78 Å². The molecule has 3 aromatic rings. The molecule has 6 heteroatoms. The van der Waals surface area contributed by atoms with Gasteiger partial charge in [-0.2, -0.15) is 0 Å². The highest BCUT2D eigenvalue weighted by molar-refractivity contribution is 5.79. The van der Waals surface area contributed by atoms with Crippen molar-refractivity contribution >= 4 is 11.0 Å². The zero-order chi connectivity index (χ0) is 11.8. The van der Waals surface area contributed by atoms with Gasteiger partial charge in [0.2, 0.25) is 0 Å². The van der Waals surface area contributed by atoms with Gasteiger partial charge >= 0.3 is 0 Å². The van der Waals surface area contributed by atoms with Gasteiger partial charge in [-0.05, 0) is 6.07 Å². The Morgan fingerprint density at radius 2 is 1.82 bits per heavy atom. The minimum Gasteiger partial charge on any atom is -0.338 e. The van der Waals surface area contributed by atoms with Crippen LogP contribution in [0.3, 0.4) is 0 Å². The number of nitrogens with one attached hydrogen (secondary N) is 1. The van der Waals surface area contributed by atoms with Crippen molar-refractivity contribution in [2.45, 2.75) is 0 Å². The molecule has 0 spiro atoms. The fourth-order valence-electron chi connectivity index (χ4n) is 1.60. The third-order valence-electron chi connectivity index (χ3n) is 2.34. The summed E-state index contributed by atoms with van der Waals surface area (Å²) < 4.78 is 26.4. The first kappa shape index (κ1) is 9.83. The molecule has 0 saturated carbocycles. The van der Waals surface area contributed by atoms with E-state index in [0.29, 0.717) is 16.9 Å². The Balaban J connectivity index is 2.24. The second-order valence-electron chi connectivity index (χ2n) is 3.50. The van der Waals surface area contributed by atoms with Crippen LogP contribution in [0.15, 0.2) is 30.9 Å². The van der Waals surface area contributed by atoms with Crippen molar-refractivity contribution in [3.05, 3.63) is 42.5 Å². The summed E-state index contributed by atoms with van der Waals surface area (Å²) in [5.41, 5.74) is 1.02. The molecule has 0 bridgehead atoms. The Morgan fingerprint density at radius 3 is 2.59 bits per heavy atom. The van der Waals surface area contributed by atoms with Crippen molar-refractivity contribution in [1.29, 1.82) is 0 Å². The zero-order valence-corrected chi connectivity index (χ0v) is 8.48. The summed E-state index contributed by atoms with van der Waals surface area (Å²) in [4.78, 5) is 14.5. The summed E-state index contributed by atoms with van der Waals surface area (Å²) in [6.07, 6.45) is 4.46. The van der Waals surface area contributed by atoms with Crippen LogP contribution < -0.4 is 0 Å². The molecule has 0 atom stereocenters. The summed E-state index contributed by atoms with van der Waals surface area (Å²) in [5, 5.41) is 0. The molecule has 0 unspecified atom stereocenters. The molecule has 1 aromatic carbocycles. The Kier molecular flexibility index (Phi) is 2.07. The van der Waals surface area contributed by atoms with Crippen molar-refractivity contribution in [2.24, 2.45) is 0 Å². The molecule has 0 aliphatic rings. The second-order valence-corrected chi connectivity index (χ2v) is 3.50. The van der Waals surface area contributed by atoms with Crippen LogP contribution in [0.25, 0.3) is 22.4 Å². The number of hydrogen-bond acceptors (Lipinski definition) is 3. The van der Waals surface area contributed by atoms with Crippen LogP contribution in [0.5, 0.6) is 0 Å². The molecule has 0 aliphatic carbocycles. The van der Waals surface area contributed by atoms with Gasteiger partial charge in [-0.25, -0.2) is 23.7 Å². The second kappa shape index (κ2) is 3.58. The first-order chi connectivity index (χ1) is 8.24. The van der Waals surface area contributed by atoms with E-state index in [1.165, 1.54) is 12.4 Å². The van der Waals surface area contributed by atoms with Crippen LogP contribution in [-0.2, 0) is 0 Å². The Bertz CT molecular complexity index is 679. The Morgan fingerprint density at radius 1 is 1.06 bits per heavy atom. The van der Waals surface area contributed by atoms with Gasteiger partial charge in [-0.1, -0.05) is 0 Å². The number of aromatic nitrogens is 4. The van der Waals surface area contributed by atoms with Crippen LogP contribution in [0.1, 0.15) is 0 Å². The molecular formula is C11H6F2N4. The highest BCUT2D eigenvalue weighted by Gasteiger charge is 2.10. The van der Waals surface area contributed by atoms with E-state index in [9.17, 15) is 8.78 Å². The predicted molar refractivity (Wildman–Crippen MR) is 57.0 cm³/mol. The monoisotopic (exact) mass is 232 g/mol. The van der Waals surface area contributed by atoms with Crippen LogP contribution in [0, 0.1) is 11.6 Å². The number of fused-ring (bicyclic) bond motifs is 1. The molecule has 3 rings (SSSR count). The largest absolute Gasteiger partial charge is 0.338 e. The molecule has 0 saturated heterocycles. The Labute approximate surface area is 94.4 Å². The van der Waals surface area contributed by atoms with E-state index in [1.807, 2.05) is 0 Å². The standard InChI is InChI=1S/C11H6F2N4/c12-7-1-8(13)10-9(2-7)16-11(17-10)6-3-14-5-15-4-6/h1-5H,(H,16,17). The predicted octanol–water partition coefficient (Wildman–Crippen LogP) is 2.30. The van der Waals surface area contributed by atoms with Crippen LogP contribution in [-0.4, -0.2) is 19.9 Å². The molecular weight excluding hydrogens is 226 g/mol. The minimum absolute atomic E-state index is 0.102. The van der Waals surface area contributed by atoms with Gasteiger partial charge < -0.3 is 4.98 Å². The lowest BCUT2D eigenvalue weighted by Gasteiger charge is -1.91. The maximum absolute atomic E-state index is 13.4. The van der Waals surface area contributed by atoms with Gasteiger partial charge in [0.25, 0.3) is 0 Å². The summed E-state index contributed by atoms with van der Waals surface area (Å²) >= 11 is 0. The molecule has 4 nitrogen and oxygen atoms in total. The number of benzene rings is 1. The van der Waals surface area contributed by atoms with Gasteiger partial charge in [-0.15, -0.1) is 0 Å². The first-order valence-corrected chi connectivity index (χ1v) is 4.84. The molecule has 0 radical (unpaired) electrons. The van der Waals surface area contributed by atoms with Crippen molar-refractivity contribution in [1.82, 2.24) is 19.9 Å². The average molecular weight is 232 g/mol. The minimum atomic E-state index is -0.695. The molecule has 0 fully saturated rings. The highest BCUT2D eigenvalue weighted by Crippen LogP contribution is 2.22. The quantitative estimate of drug-likeness (QED) is 0.700. The van der Waals surface area contributed by atoms with Gasteiger partial charge in [-0.3, -0.25) is 0 Å². The third-order valence-corrected chi connectivity index (χ3v) is 2.34. The fourth-order valence-corrected chi connectivity index (χ4v) is 1.60. The van der Waals surface area contributed by atoms with E-state index in [-0.39, 0.29) is 5.52 Å². The number of rotatable bonds is 1. The van der Waals surface area contributed by atoms with Crippen molar-refractivity contribution in [2.75, 3.05) is 0 Å². The van der Waals surface area contributed by atoms with Crippen LogP contribution >= 0.6 is 0 Å². The van der Waals surface area contributed by atoms with E-state index in [1.54, 1.807) is 12.4 Å². The summed E-state index contributed by atoms with van der Waals surface area (Å²) in [6, 6.07) is 1.99. The molecule has 84 valence electrons. The van der Waals surface area contributed by atoms with Gasteiger partial charge in [0.15, 0.2) is 5.82 Å². The Hall–Kier alpha value is -2.37. The molecule has 0 amide bonds. The molecule has 17 heavy (non-hydrogen) atoms.